The Labute approximate surface area is 119 Å². The molecule has 1 saturated heterocycles. The summed E-state index contributed by atoms with van der Waals surface area (Å²) < 4.78 is 27.0. The lowest BCUT2D eigenvalue weighted by atomic mass is 10.2. The molecule has 0 saturated carbocycles. The summed E-state index contributed by atoms with van der Waals surface area (Å²) in [5.41, 5.74) is 0. The van der Waals surface area contributed by atoms with Crippen molar-refractivity contribution < 1.29 is 8.42 Å². The summed E-state index contributed by atoms with van der Waals surface area (Å²) in [6, 6.07) is 6.85. The zero-order chi connectivity index (χ0) is 12.5. The predicted molar refractivity (Wildman–Crippen MR) is 74.8 cm³/mol. The van der Waals surface area contributed by atoms with Crippen LogP contribution in [0.3, 0.4) is 0 Å². The highest BCUT2D eigenvalue weighted by Gasteiger charge is 2.28. The van der Waals surface area contributed by atoms with Crippen molar-refractivity contribution in [3.8, 4) is 0 Å². The SMILES string of the molecule is O=S(=O)(c1cccc(Br)c1)N1CCC(Br)CC1. The minimum atomic E-state index is -3.33. The van der Waals surface area contributed by atoms with E-state index in [1.54, 1.807) is 22.5 Å². The minimum absolute atomic E-state index is 0.361. The van der Waals surface area contributed by atoms with Gasteiger partial charge in [-0.2, -0.15) is 4.31 Å². The summed E-state index contributed by atoms with van der Waals surface area (Å²) in [5.74, 6) is 0. The van der Waals surface area contributed by atoms with E-state index >= 15 is 0 Å². The van der Waals surface area contributed by atoms with Crippen LogP contribution < -0.4 is 0 Å². The van der Waals surface area contributed by atoms with Crippen LogP contribution in [0.1, 0.15) is 12.8 Å². The number of rotatable bonds is 2. The molecule has 3 nitrogen and oxygen atoms in total. The molecule has 0 aliphatic carbocycles. The highest BCUT2D eigenvalue weighted by Crippen LogP contribution is 2.25. The fraction of sp³-hybridized carbons (Fsp3) is 0.455. The van der Waals surface area contributed by atoms with E-state index in [0.29, 0.717) is 22.8 Å². The van der Waals surface area contributed by atoms with E-state index in [9.17, 15) is 8.42 Å². The molecule has 0 aromatic heterocycles. The van der Waals surface area contributed by atoms with Gasteiger partial charge in [0.15, 0.2) is 0 Å². The Morgan fingerprint density at radius 1 is 1.24 bits per heavy atom. The second-order valence-corrected chi connectivity index (χ2v) is 8.18. The van der Waals surface area contributed by atoms with E-state index < -0.39 is 10.0 Å². The lowest BCUT2D eigenvalue weighted by molar-refractivity contribution is 0.354. The predicted octanol–water partition coefficient (Wildman–Crippen LogP) is 3.00. The lowest BCUT2D eigenvalue weighted by Crippen LogP contribution is -2.38. The summed E-state index contributed by atoms with van der Waals surface area (Å²) >= 11 is 6.82. The van der Waals surface area contributed by atoms with Crippen molar-refractivity contribution >= 4 is 41.9 Å². The van der Waals surface area contributed by atoms with Gasteiger partial charge < -0.3 is 0 Å². The van der Waals surface area contributed by atoms with Crippen molar-refractivity contribution in [1.29, 1.82) is 0 Å². The molecule has 1 aliphatic rings. The molecule has 94 valence electrons. The summed E-state index contributed by atoms with van der Waals surface area (Å²) in [6.45, 7) is 1.18. The van der Waals surface area contributed by atoms with E-state index in [1.165, 1.54) is 0 Å². The van der Waals surface area contributed by atoms with Crippen LogP contribution in [0.15, 0.2) is 33.6 Å². The fourth-order valence-electron chi connectivity index (χ4n) is 1.84. The average molecular weight is 383 g/mol. The Morgan fingerprint density at radius 2 is 1.88 bits per heavy atom. The number of benzene rings is 1. The number of sulfonamides is 1. The molecule has 0 spiro atoms. The van der Waals surface area contributed by atoms with Crippen LogP contribution in [0, 0.1) is 0 Å². The molecule has 1 aromatic carbocycles. The van der Waals surface area contributed by atoms with E-state index in [1.807, 2.05) is 6.07 Å². The van der Waals surface area contributed by atoms with Crippen molar-refractivity contribution in [3.05, 3.63) is 28.7 Å². The minimum Gasteiger partial charge on any atom is -0.207 e. The fourth-order valence-corrected chi connectivity index (χ4v) is 4.32. The molecular weight excluding hydrogens is 370 g/mol. The number of piperidine rings is 1. The van der Waals surface area contributed by atoms with Gasteiger partial charge in [-0.15, -0.1) is 0 Å². The van der Waals surface area contributed by atoms with Crippen molar-refractivity contribution in [1.82, 2.24) is 4.31 Å². The second kappa shape index (κ2) is 5.38. The Balaban J connectivity index is 2.25. The second-order valence-electron chi connectivity index (χ2n) is 4.04. The topological polar surface area (TPSA) is 37.4 Å². The Kier molecular flexibility index (Phi) is 4.28. The molecule has 17 heavy (non-hydrogen) atoms. The quantitative estimate of drug-likeness (QED) is 0.737. The number of nitrogens with zero attached hydrogens (tertiary/aromatic N) is 1. The smallest absolute Gasteiger partial charge is 0.207 e. The van der Waals surface area contributed by atoms with Crippen molar-refractivity contribution in [2.24, 2.45) is 0 Å². The molecule has 6 heteroatoms. The molecule has 0 unspecified atom stereocenters. The Bertz CT molecular complexity index is 496. The Hall–Kier alpha value is 0.0900. The molecule has 0 bridgehead atoms. The summed E-state index contributed by atoms with van der Waals surface area (Å²) in [4.78, 5) is 0.802. The zero-order valence-electron chi connectivity index (χ0n) is 9.14. The number of hydrogen-bond donors (Lipinski definition) is 0. The molecule has 1 aliphatic heterocycles. The molecule has 0 atom stereocenters. The van der Waals surface area contributed by atoms with Gasteiger partial charge in [0.25, 0.3) is 0 Å². The van der Waals surface area contributed by atoms with Gasteiger partial charge in [-0.1, -0.05) is 37.9 Å². The van der Waals surface area contributed by atoms with Gasteiger partial charge in [0, 0.05) is 22.4 Å². The van der Waals surface area contributed by atoms with Crippen LogP contribution in [0.25, 0.3) is 0 Å². The molecule has 0 N–H and O–H groups in total. The highest BCUT2D eigenvalue weighted by atomic mass is 79.9. The molecule has 0 amide bonds. The van der Waals surface area contributed by atoms with Gasteiger partial charge in [0.1, 0.15) is 0 Å². The van der Waals surface area contributed by atoms with Crippen LogP contribution >= 0.6 is 31.9 Å². The maximum Gasteiger partial charge on any atom is 0.243 e. The third kappa shape index (κ3) is 3.10. The molecular formula is C11H13Br2NO2S. The third-order valence-electron chi connectivity index (χ3n) is 2.82. The first kappa shape index (κ1) is 13.5. The number of hydrogen-bond acceptors (Lipinski definition) is 2. The first-order valence-corrected chi connectivity index (χ1v) is 8.55. The van der Waals surface area contributed by atoms with Crippen molar-refractivity contribution in [3.63, 3.8) is 0 Å². The summed E-state index contributed by atoms with van der Waals surface area (Å²) in [6.07, 6.45) is 1.74. The van der Waals surface area contributed by atoms with E-state index in [0.717, 1.165) is 17.3 Å². The summed E-state index contributed by atoms with van der Waals surface area (Å²) in [5, 5.41) is 0. The normalized spacial score (nSPS) is 19.4. The molecule has 1 aromatic rings. The largest absolute Gasteiger partial charge is 0.243 e. The first-order chi connectivity index (χ1) is 8.00. The van der Waals surface area contributed by atoms with Gasteiger partial charge >= 0.3 is 0 Å². The number of halogens is 2. The van der Waals surface area contributed by atoms with Gasteiger partial charge in [0.05, 0.1) is 4.90 Å². The van der Waals surface area contributed by atoms with Crippen molar-refractivity contribution in [2.75, 3.05) is 13.1 Å². The van der Waals surface area contributed by atoms with Gasteiger partial charge in [-0.05, 0) is 31.0 Å². The standard InChI is InChI=1S/C11H13Br2NO2S/c12-9-4-6-14(7-5-9)17(15,16)11-3-1-2-10(13)8-11/h1-3,8-9H,4-7H2. The van der Waals surface area contributed by atoms with Crippen LogP contribution in [0.2, 0.25) is 0 Å². The maximum absolute atomic E-state index is 12.3. The average Bonchev–Trinajstić information content (AvgIpc) is 2.29. The summed E-state index contributed by atoms with van der Waals surface area (Å²) in [7, 11) is -3.33. The van der Waals surface area contributed by atoms with Crippen LogP contribution in [0.4, 0.5) is 0 Å². The number of alkyl halides is 1. The molecule has 2 rings (SSSR count). The molecule has 0 radical (unpaired) electrons. The monoisotopic (exact) mass is 381 g/mol. The third-order valence-corrected chi connectivity index (χ3v) is 6.12. The first-order valence-electron chi connectivity index (χ1n) is 5.40. The van der Waals surface area contributed by atoms with Gasteiger partial charge in [-0.25, -0.2) is 8.42 Å². The zero-order valence-corrected chi connectivity index (χ0v) is 13.1. The highest BCUT2D eigenvalue weighted by molar-refractivity contribution is 9.10. The molecule has 1 heterocycles. The van der Waals surface area contributed by atoms with Gasteiger partial charge in [-0.3, -0.25) is 0 Å². The van der Waals surface area contributed by atoms with Crippen LogP contribution in [-0.2, 0) is 10.0 Å². The van der Waals surface area contributed by atoms with Crippen molar-refractivity contribution in [2.45, 2.75) is 22.6 Å². The Morgan fingerprint density at radius 3 is 2.47 bits per heavy atom. The lowest BCUT2D eigenvalue weighted by Gasteiger charge is -2.28. The van der Waals surface area contributed by atoms with E-state index in [4.69, 9.17) is 0 Å². The van der Waals surface area contributed by atoms with Crippen LogP contribution in [0.5, 0.6) is 0 Å². The molecule has 1 fully saturated rings. The van der Waals surface area contributed by atoms with Crippen LogP contribution in [-0.4, -0.2) is 30.6 Å². The van der Waals surface area contributed by atoms with Gasteiger partial charge in [0.2, 0.25) is 10.0 Å². The van der Waals surface area contributed by atoms with E-state index in [-0.39, 0.29) is 0 Å². The van der Waals surface area contributed by atoms with E-state index in [2.05, 4.69) is 31.9 Å². The maximum atomic E-state index is 12.3.